The molecule has 0 bridgehead atoms. The van der Waals surface area contributed by atoms with E-state index in [0.29, 0.717) is 0 Å². The molecule has 2 rings (SSSR count). The predicted octanol–water partition coefficient (Wildman–Crippen LogP) is 3.31. The Balaban J connectivity index is 2.53. The molecule has 0 aliphatic rings. The molecule has 0 amide bonds. The summed E-state index contributed by atoms with van der Waals surface area (Å²) >= 11 is 3.04. The second kappa shape index (κ2) is 5.40. The summed E-state index contributed by atoms with van der Waals surface area (Å²) in [6.45, 7) is 3.78. The Morgan fingerprint density at radius 3 is 2.53 bits per heavy atom. The first-order valence-corrected chi connectivity index (χ1v) is 6.52. The summed E-state index contributed by atoms with van der Waals surface area (Å²) in [4.78, 5) is 10.9. The fraction of sp³-hybridized carbons (Fsp3) is 0.143. The van der Waals surface area contributed by atoms with E-state index < -0.39 is 5.97 Å². The van der Waals surface area contributed by atoms with Crippen LogP contribution in [0.1, 0.15) is 17.0 Å². The second-order valence-electron chi connectivity index (χ2n) is 4.13. The van der Waals surface area contributed by atoms with Gasteiger partial charge in [-0.3, -0.25) is 0 Å². The van der Waals surface area contributed by atoms with E-state index in [1.165, 1.54) is 0 Å². The Kier molecular flexibility index (Phi) is 3.85. The summed E-state index contributed by atoms with van der Waals surface area (Å²) in [7, 11) is 0. The van der Waals surface area contributed by atoms with E-state index in [0.717, 1.165) is 22.6 Å². The molecule has 0 aliphatic heterocycles. The maximum absolute atomic E-state index is 10.9. The maximum atomic E-state index is 10.9. The van der Waals surface area contributed by atoms with Crippen molar-refractivity contribution in [3.05, 3.63) is 51.8 Å². The van der Waals surface area contributed by atoms with Gasteiger partial charge in [-0.05, 0) is 48.0 Å². The molecule has 5 heteroatoms. The number of nitrogens with zero attached hydrogens (tertiary/aromatic N) is 2. The summed E-state index contributed by atoms with van der Waals surface area (Å²) in [5, 5.41) is 13.4. The third-order valence-corrected chi connectivity index (χ3v) is 3.39. The first-order valence-electron chi connectivity index (χ1n) is 5.73. The number of carboxylic acids is 1. The molecule has 0 aliphatic carbocycles. The van der Waals surface area contributed by atoms with Crippen LogP contribution in [0.2, 0.25) is 0 Å². The first-order chi connectivity index (χ1) is 9.00. The largest absolute Gasteiger partial charge is 0.477 e. The van der Waals surface area contributed by atoms with Gasteiger partial charge in [-0.15, -0.1) is 0 Å². The van der Waals surface area contributed by atoms with Gasteiger partial charge in [0.15, 0.2) is 0 Å². The van der Waals surface area contributed by atoms with Crippen LogP contribution in [0.4, 0.5) is 0 Å². The van der Waals surface area contributed by atoms with E-state index in [9.17, 15) is 4.79 Å². The summed E-state index contributed by atoms with van der Waals surface area (Å²) in [5.41, 5.74) is 3.47. The zero-order valence-electron chi connectivity index (χ0n) is 10.6. The van der Waals surface area contributed by atoms with Crippen molar-refractivity contribution in [2.24, 2.45) is 0 Å². The smallest absolute Gasteiger partial charge is 0.342 e. The zero-order chi connectivity index (χ0) is 14.0. The number of hydrogen-bond donors (Lipinski definition) is 1. The monoisotopic (exact) mass is 320 g/mol. The van der Waals surface area contributed by atoms with E-state index in [1.54, 1.807) is 6.08 Å². The number of para-hydroxylation sites is 1. The zero-order valence-corrected chi connectivity index (χ0v) is 12.2. The molecular formula is C14H13BrN2O2. The molecule has 1 aromatic carbocycles. The van der Waals surface area contributed by atoms with Crippen molar-refractivity contribution in [1.29, 1.82) is 0 Å². The highest BCUT2D eigenvalue weighted by molar-refractivity contribution is 9.12. The second-order valence-corrected chi connectivity index (χ2v) is 4.98. The highest BCUT2D eigenvalue weighted by atomic mass is 79.9. The normalized spacial score (nSPS) is 11.6. The van der Waals surface area contributed by atoms with Crippen molar-refractivity contribution in [3.63, 3.8) is 0 Å². The minimum atomic E-state index is -0.994. The van der Waals surface area contributed by atoms with Crippen molar-refractivity contribution < 1.29 is 9.90 Å². The van der Waals surface area contributed by atoms with Gasteiger partial charge in [0.2, 0.25) is 0 Å². The number of carbonyl (C=O) groups is 1. The average Bonchev–Trinajstić information content (AvgIpc) is 2.67. The quantitative estimate of drug-likeness (QED) is 0.883. The van der Waals surface area contributed by atoms with Crippen LogP contribution in [-0.2, 0) is 4.79 Å². The van der Waals surface area contributed by atoms with Crippen LogP contribution >= 0.6 is 15.9 Å². The molecule has 98 valence electrons. The van der Waals surface area contributed by atoms with E-state index in [2.05, 4.69) is 21.0 Å². The Morgan fingerprint density at radius 1 is 1.32 bits per heavy atom. The number of aromatic nitrogens is 2. The standard InChI is InChI=1S/C14H13BrN2O2/c1-9-12(8-13(15)14(18)19)10(2)17(16-9)11-6-4-3-5-7-11/h3-8H,1-2H3,(H,18,19)/b13-8-. The number of rotatable bonds is 3. The topological polar surface area (TPSA) is 55.1 Å². The lowest BCUT2D eigenvalue weighted by atomic mass is 10.2. The Bertz CT molecular complexity index is 645. The molecular weight excluding hydrogens is 308 g/mol. The highest BCUT2D eigenvalue weighted by Gasteiger charge is 2.13. The molecule has 1 aromatic heterocycles. The molecule has 0 atom stereocenters. The van der Waals surface area contributed by atoms with Gasteiger partial charge in [0.25, 0.3) is 0 Å². The third kappa shape index (κ3) is 2.76. The summed E-state index contributed by atoms with van der Waals surface area (Å²) in [5.74, 6) is -0.994. The van der Waals surface area contributed by atoms with Gasteiger partial charge in [-0.1, -0.05) is 18.2 Å². The molecule has 1 heterocycles. The van der Waals surface area contributed by atoms with Crippen LogP contribution < -0.4 is 0 Å². The molecule has 2 aromatic rings. The number of hydrogen-bond acceptors (Lipinski definition) is 2. The SMILES string of the molecule is Cc1nn(-c2ccccc2)c(C)c1/C=C(\Br)C(=O)O. The highest BCUT2D eigenvalue weighted by Crippen LogP contribution is 2.22. The Morgan fingerprint density at radius 2 is 1.95 bits per heavy atom. The van der Waals surface area contributed by atoms with Gasteiger partial charge in [-0.25, -0.2) is 9.48 Å². The fourth-order valence-corrected chi connectivity index (χ4v) is 2.10. The molecule has 0 saturated carbocycles. The van der Waals surface area contributed by atoms with E-state index in [1.807, 2.05) is 48.9 Å². The van der Waals surface area contributed by atoms with Crippen molar-refractivity contribution in [2.75, 3.05) is 0 Å². The molecule has 1 N–H and O–H groups in total. The fourth-order valence-electron chi connectivity index (χ4n) is 1.87. The molecule has 0 saturated heterocycles. The van der Waals surface area contributed by atoms with Crippen LogP contribution in [0.3, 0.4) is 0 Å². The van der Waals surface area contributed by atoms with E-state index in [-0.39, 0.29) is 4.48 Å². The van der Waals surface area contributed by atoms with Crippen LogP contribution in [0.5, 0.6) is 0 Å². The minimum Gasteiger partial charge on any atom is -0.477 e. The average molecular weight is 321 g/mol. The number of halogens is 1. The van der Waals surface area contributed by atoms with Crippen molar-refractivity contribution in [2.45, 2.75) is 13.8 Å². The molecule has 0 fully saturated rings. The lowest BCUT2D eigenvalue weighted by molar-refractivity contribution is -0.131. The molecule has 19 heavy (non-hydrogen) atoms. The molecule has 0 radical (unpaired) electrons. The maximum Gasteiger partial charge on any atom is 0.342 e. The minimum absolute atomic E-state index is 0.117. The summed E-state index contributed by atoms with van der Waals surface area (Å²) in [6.07, 6.45) is 1.58. The number of aryl methyl sites for hydroxylation is 1. The lowest BCUT2D eigenvalue weighted by Crippen LogP contribution is -1.98. The van der Waals surface area contributed by atoms with Crippen LogP contribution in [0, 0.1) is 13.8 Å². The molecule has 0 unspecified atom stereocenters. The van der Waals surface area contributed by atoms with Gasteiger partial charge in [0.05, 0.1) is 11.4 Å². The van der Waals surface area contributed by atoms with E-state index >= 15 is 0 Å². The van der Waals surface area contributed by atoms with Gasteiger partial charge in [0.1, 0.15) is 4.48 Å². The van der Waals surface area contributed by atoms with Crippen molar-refractivity contribution in [1.82, 2.24) is 9.78 Å². The van der Waals surface area contributed by atoms with Gasteiger partial charge in [-0.2, -0.15) is 5.10 Å². The van der Waals surface area contributed by atoms with Crippen LogP contribution in [-0.4, -0.2) is 20.9 Å². The van der Waals surface area contributed by atoms with Crippen molar-refractivity contribution >= 4 is 28.0 Å². The number of carboxylic acid groups (broad SMARTS) is 1. The number of aliphatic carboxylic acids is 1. The van der Waals surface area contributed by atoms with Crippen LogP contribution in [0.15, 0.2) is 34.8 Å². The van der Waals surface area contributed by atoms with Gasteiger partial charge in [0, 0.05) is 11.3 Å². The Labute approximate surface area is 119 Å². The summed E-state index contributed by atoms with van der Waals surface area (Å²) in [6, 6.07) is 9.73. The van der Waals surface area contributed by atoms with Crippen LogP contribution in [0.25, 0.3) is 11.8 Å². The van der Waals surface area contributed by atoms with Gasteiger partial charge >= 0.3 is 5.97 Å². The predicted molar refractivity (Wildman–Crippen MR) is 77.6 cm³/mol. The number of benzene rings is 1. The molecule has 4 nitrogen and oxygen atoms in total. The van der Waals surface area contributed by atoms with Crippen molar-refractivity contribution in [3.8, 4) is 5.69 Å². The van der Waals surface area contributed by atoms with E-state index in [4.69, 9.17) is 5.11 Å². The third-order valence-electron chi connectivity index (χ3n) is 2.82. The first kappa shape index (κ1) is 13.5. The molecule has 0 spiro atoms. The Hall–Kier alpha value is -1.88. The lowest BCUT2D eigenvalue weighted by Gasteiger charge is -2.03. The summed E-state index contributed by atoms with van der Waals surface area (Å²) < 4.78 is 1.93. The van der Waals surface area contributed by atoms with Gasteiger partial charge < -0.3 is 5.11 Å².